The maximum absolute atomic E-state index is 11.9. The van der Waals surface area contributed by atoms with Crippen LogP contribution in [0.5, 0.6) is 0 Å². The molecule has 0 spiro atoms. The lowest BCUT2D eigenvalue weighted by Crippen LogP contribution is -3.11. The number of amides is 1. The van der Waals surface area contributed by atoms with E-state index in [2.05, 4.69) is 5.32 Å². The zero-order valence-electron chi connectivity index (χ0n) is 12.4. The molecular formula is C14H22N3O3S+. The van der Waals surface area contributed by atoms with Crippen molar-refractivity contribution in [1.82, 2.24) is 4.31 Å². The minimum Gasteiger partial charge on any atom is -0.327 e. The number of rotatable bonds is 5. The molecule has 0 atom stereocenters. The molecule has 1 heterocycles. The van der Waals surface area contributed by atoms with E-state index in [0.717, 1.165) is 17.4 Å². The first-order chi connectivity index (χ1) is 9.89. The highest BCUT2D eigenvalue weighted by Crippen LogP contribution is 2.16. The summed E-state index contributed by atoms with van der Waals surface area (Å²) in [5.41, 5.74) is 0.622. The highest BCUT2D eigenvalue weighted by molar-refractivity contribution is 7.89. The van der Waals surface area contributed by atoms with E-state index in [1.807, 2.05) is 0 Å². The maximum Gasteiger partial charge on any atom is 0.279 e. The van der Waals surface area contributed by atoms with E-state index in [9.17, 15) is 13.2 Å². The first-order valence-corrected chi connectivity index (χ1v) is 8.49. The molecule has 21 heavy (non-hydrogen) atoms. The van der Waals surface area contributed by atoms with Crippen LogP contribution in [0.4, 0.5) is 5.69 Å². The largest absolute Gasteiger partial charge is 0.327 e. The van der Waals surface area contributed by atoms with E-state index in [-0.39, 0.29) is 10.8 Å². The molecule has 0 radical (unpaired) electrons. The molecule has 1 aliphatic heterocycles. The summed E-state index contributed by atoms with van der Waals surface area (Å²) >= 11 is 0. The molecule has 6 nitrogen and oxygen atoms in total. The van der Waals surface area contributed by atoms with Crippen molar-refractivity contribution in [3.05, 3.63) is 24.3 Å². The van der Waals surface area contributed by atoms with Gasteiger partial charge in [-0.2, -0.15) is 0 Å². The summed E-state index contributed by atoms with van der Waals surface area (Å²) in [5, 5.41) is 2.81. The molecule has 0 aliphatic carbocycles. The van der Waals surface area contributed by atoms with Crippen molar-refractivity contribution in [3.63, 3.8) is 0 Å². The van der Waals surface area contributed by atoms with Gasteiger partial charge in [0, 0.05) is 32.6 Å². The van der Waals surface area contributed by atoms with Gasteiger partial charge in [-0.05, 0) is 24.3 Å². The molecule has 1 aliphatic rings. The number of carbonyl (C=O) groups is 1. The summed E-state index contributed by atoms with van der Waals surface area (Å²) in [6.07, 6.45) is 2.36. The number of benzene rings is 1. The molecule has 1 aromatic rings. The van der Waals surface area contributed by atoms with Gasteiger partial charge in [0.1, 0.15) is 0 Å². The van der Waals surface area contributed by atoms with Crippen LogP contribution in [0.2, 0.25) is 0 Å². The molecule has 7 heteroatoms. The lowest BCUT2D eigenvalue weighted by atomic mass is 10.3. The number of quaternary nitrogens is 1. The molecule has 0 unspecified atom stereocenters. The van der Waals surface area contributed by atoms with Crippen molar-refractivity contribution >= 4 is 21.6 Å². The minimum absolute atomic E-state index is 0.0323. The molecule has 1 saturated heterocycles. The van der Waals surface area contributed by atoms with Crippen LogP contribution in [-0.4, -0.2) is 52.4 Å². The predicted octanol–water partition coefficient (Wildman–Crippen LogP) is -0.446. The van der Waals surface area contributed by atoms with Gasteiger partial charge in [0.2, 0.25) is 10.0 Å². The molecule has 2 rings (SSSR count). The Morgan fingerprint density at radius 2 is 1.76 bits per heavy atom. The number of likely N-dealkylation sites (tertiary alicyclic amines) is 1. The standard InChI is InChI=1S/C14H21N3O3S/c1-16(2)21(19,20)13-7-5-12(6-8-13)15-14(18)11-17-9-3-4-10-17/h5-8H,3-4,9-11H2,1-2H3,(H,15,18)/p+1. The molecular weight excluding hydrogens is 290 g/mol. The fraction of sp³-hybridized carbons (Fsp3) is 0.500. The van der Waals surface area contributed by atoms with Gasteiger partial charge in [0.05, 0.1) is 18.0 Å². The highest BCUT2D eigenvalue weighted by Gasteiger charge is 2.19. The molecule has 2 N–H and O–H groups in total. The second kappa shape index (κ2) is 6.55. The summed E-state index contributed by atoms with van der Waals surface area (Å²) in [6, 6.07) is 6.25. The molecule has 0 bridgehead atoms. The zero-order chi connectivity index (χ0) is 15.5. The van der Waals surface area contributed by atoms with E-state index >= 15 is 0 Å². The van der Waals surface area contributed by atoms with E-state index in [4.69, 9.17) is 0 Å². The van der Waals surface area contributed by atoms with Crippen LogP contribution in [-0.2, 0) is 14.8 Å². The fourth-order valence-electron chi connectivity index (χ4n) is 2.41. The van der Waals surface area contributed by atoms with Crippen molar-refractivity contribution in [2.24, 2.45) is 0 Å². The van der Waals surface area contributed by atoms with Gasteiger partial charge in [0.15, 0.2) is 6.54 Å². The Bertz CT molecular complexity index is 590. The van der Waals surface area contributed by atoms with Crippen LogP contribution >= 0.6 is 0 Å². The topological polar surface area (TPSA) is 70.9 Å². The summed E-state index contributed by atoms with van der Waals surface area (Å²) in [7, 11) is -0.444. The average Bonchev–Trinajstić information content (AvgIpc) is 2.91. The lowest BCUT2D eigenvalue weighted by Gasteiger charge is -2.13. The summed E-state index contributed by atoms with van der Waals surface area (Å²) in [5.74, 6) is -0.0323. The van der Waals surface area contributed by atoms with Crippen LogP contribution in [0.3, 0.4) is 0 Å². The highest BCUT2D eigenvalue weighted by atomic mass is 32.2. The second-order valence-electron chi connectivity index (χ2n) is 5.49. The van der Waals surface area contributed by atoms with E-state index < -0.39 is 10.0 Å². The zero-order valence-corrected chi connectivity index (χ0v) is 13.2. The number of sulfonamides is 1. The Balaban J connectivity index is 1.97. The smallest absolute Gasteiger partial charge is 0.279 e. The van der Waals surface area contributed by atoms with Crippen LogP contribution in [0.25, 0.3) is 0 Å². The Morgan fingerprint density at radius 3 is 2.29 bits per heavy atom. The third-order valence-electron chi connectivity index (χ3n) is 3.64. The average molecular weight is 312 g/mol. The molecule has 0 aromatic heterocycles. The summed E-state index contributed by atoms with van der Waals surface area (Å²) in [4.78, 5) is 13.4. The fourth-order valence-corrected chi connectivity index (χ4v) is 3.31. The van der Waals surface area contributed by atoms with Crippen molar-refractivity contribution in [3.8, 4) is 0 Å². The van der Waals surface area contributed by atoms with Gasteiger partial charge >= 0.3 is 0 Å². The number of anilines is 1. The Kier molecular flexibility index (Phi) is 4.97. The molecule has 1 amide bonds. The van der Waals surface area contributed by atoms with E-state index in [1.165, 1.54) is 44.0 Å². The number of hydrogen-bond acceptors (Lipinski definition) is 3. The quantitative estimate of drug-likeness (QED) is 0.774. The molecule has 116 valence electrons. The predicted molar refractivity (Wildman–Crippen MR) is 80.7 cm³/mol. The van der Waals surface area contributed by atoms with Crippen molar-refractivity contribution in [2.45, 2.75) is 17.7 Å². The Hall–Kier alpha value is -1.44. The third-order valence-corrected chi connectivity index (χ3v) is 5.47. The SMILES string of the molecule is CN(C)S(=O)(=O)c1ccc(NC(=O)C[NH+]2CCCC2)cc1. The summed E-state index contributed by atoms with van der Waals surface area (Å²) in [6.45, 7) is 2.57. The first-order valence-electron chi connectivity index (χ1n) is 7.05. The van der Waals surface area contributed by atoms with E-state index in [0.29, 0.717) is 12.2 Å². The van der Waals surface area contributed by atoms with Crippen molar-refractivity contribution in [1.29, 1.82) is 0 Å². The van der Waals surface area contributed by atoms with Crippen LogP contribution in [0.1, 0.15) is 12.8 Å². The van der Waals surface area contributed by atoms with Gasteiger partial charge in [0.25, 0.3) is 5.91 Å². The Morgan fingerprint density at radius 1 is 1.19 bits per heavy atom. The normalized spacial score (nSPS) is 16.3. The van der Waals surface area contributed by atoms with Gasteiger partial charge in [-0.15, -0.1) is 0 Å². The molecule has 0 saturated carbocycles. The van der Waals surface area contributed by atoms with Gasteiger partial charge < -0.3 is 10.2 Å². The number of nitrogens with zero attached hydrogens (tertiary/aromatic N) is 1. The van der Waals surface area contributed by atoms with Crippen molar-refractivity contribution < 1.29 is 18.1 Å². The van der Waals surface area contributed by atoms with Crippen molar-refractivity contribution in [2.75, 3.05) is 39.0 Å². The maximum atomic E-state index is 11.9. The number of hydrogen-bond donors (Lipinski definition) is 2. The Labute approximate surface area is 125 Å². The number of carbonyl (C=O) groups excluding carboxylic acids is 1. The van der Waals surface area contributed by atoms with Gasteiger partial charge in [-0.1, -0.05) is 0 Å². The molecule has 1 aromatic carbocycles. The monoisotopic (exact) mass is 312 g/mol. The van der Waals surface area contributed by atoms with Gasteiger partial charge in [-0.3, -0.25) is 4.79 Å². The third kappa shape index (κ3) is 4.03. The van der Waals surface area contributed by atoms with Crippen LogP contribution in [0, 0.1) is 0 Å². The summed E-state index contributed by atoms with van der Waals surface area (Å²) < 4.78 is 25.0. The minimum atomic E-state index is -3.42. The first kappa shape index (κ1) is 15.9. The molecule has 1 fully saturated rings. The van der Waals surface area contributed by atoms with E-state index in [1.54, 1.807) is 12.1 Å². The lowest BCUT2D eigenvalue weighted by molar-refractivity contribution is -0.878. The van der Waals surface area contributed by atoms with Crippen LogP contribution in [0.15, 0.2) is 29.2 Å². The number of nitrogens with one attached hydrogen (secondary N) is 2. The van der Waals surface area contributed by atoms with Gasteiger partial charge in [-0.25, -0.2) is 12.7 Å². The second-order valence-corrected chi connectivity index (χ2v) is 7.65. The van der Waals surface area contributed by atoms with Crippen LogP contribution < -0.4 is 10.2 Å².